The summed E-state index contributed by atoms with van der Waals surface area (Å²) in [6.45, 7) is 10.9. The van der Waals surface area contributed by atoms with Gasteiger partial charge < -0.3 is 0 Å². The molecular weight excluding hydrogens is 246 g/mol. The van der Waals surface area contributed by atoms with Crippen molar-refractivity contribution in [2.45, 2.75) is 46.5 Å². The van der Waals surface area contributed by atoms with Crippen molar-refractivity contribution in [3.63, 3.8) is 0 Å². The highest BCUT2D eigenvalue weighted by Crippen LogP contribution is 2.34. The van der Waals surface area contributed by atoms with E-state index in [1.807, 2.05) is 17.7 Å². The van der Waals surface area contributed by atoms with Crippen LogP contribution < -0.4 is 0 Å². The van der Waals surface area contributed by atoms with E-state index < -0.39 is 0 Å². The van der Waals surface area contributed by atoms with Gasteiger partial charge in [0.15, 0.2) is 0 Å². The van der Waals surface area contributed by atoms with Crippen LogP contribution in [-0.2, 0) is 0 Å². The molecule has 0 spiro atoms. The van der Waals surface area contributed by atoms with E-state index >= 15 is 0 Å². The second-order valence-electron chi connectivity index (χ2n) is 5.72. The highest BCUT2D eigenvalue weighted by Gasteiger charge is 2.13. The van der Waals surface area contributed by atoms with E-state index in [1.54, 1.807) is 12.5 Å². The van der Waals surface area contributed by atoms with Gasteiger partial charge in [0.25, 0.3) is 0 Å². The summed E-state index contributed by atoms with van der Waals surface area (Å²) in [5.41, 5.74) is 3.72. The summed E-state index contributed by atoms with van der Waals surface area (Å²) in [4.78, 5) is 8.97. The average molecular weight is 269 g/mol. The summed E-state index contributed by atoms with van der Waals surface area (Å²) in [5, 5.41) is 0. The molecule has 0 bridgehead atoms. The number of aromatic nitrogens is 2. The summed E-state index contributed by atoms with van der Waals surface area (Å²) in [5.74, 6) is 1.86. The maximum absolute atomic E-state index is 4.88. The summed E-state index contributed by atoms with van der Waals surface area (Å²) < 4.78 is 1.95. The molecule has 0 aliphatic rings. The zero-order valence-electron chi connectivity index (χ0n) is 13.0. The topological polar surface area (TPSA) is 30.2 Å². The second kappa shape index (κ2) is 6.04. The van der Waals surface area contributed by atoms with Crippen LogP contribution in [0.25, 0.3) is 0 Å². The Hall–Kier alpha value is -1.90. The van der Waals surface area contributed by atoms with E-state index in [9.17, 15) is 0 Å². The lowest BCUT2D eigenvalue weighted by Crippen LogP contribution is -2.05. The van der Waals surface area contributed by atoms with Gasteiger partial charge in [0.1, 0.15) is 12.2 Å². The molecule has 0 aliphatic carbocycles. The fourth-order valence-electron chi connectivity index (χ4n) is 2.31. The van der Waals surface area contributed by atoms with Crippen LogP contribution in [0.3, 0.4) is 0 Å². The molecule has 3 heteroatoms. The normalized spacial score (nSPS) is 12.4. The van der Waals surface area contributed by atoms with E-state index in [4.69, 9.17) is 4.99 Å². The minimum atomic E-state index is 0.461. The molecule has 0 saturated heterocycles. The fraction of sp³-hybridized carbons (Fsp3) is 0.412. The van der Waals surface area contributed by atoms with Crippen LogP contribution >= 0.6 is 0 Å². The van der Waals surface area contributed by atoms with Gasteiger partial charge in [0.05, 0.1) is 5.69 Å². The maximum Gasteiger partial charge on any atom is 0.111 e. The molecule has 0 unspecified atom stereocenters. The molecule has 20 heavy (non-hydrogen) atoms. The van der Waals surface area contributed by atoms with Crippen molar-refractivity contribution in [1.82, 2.24) is 9.55 Å². The first-order chi connectivity index (χ1) is 9.50. The van der Waals surface area contributed by atoms with Gasteiger partial charge in [-0.3, -0.25) is 4.57 Å². The van der Waals surface area contributed by atoms with Crippen molar-refractivity contribution in [3.05, 3.63) is 48.0 Å². The number of hydrogen-bond donors (Lipinski definition) is 0. The van der Waals surface area contributed by atoms with Gasteiger partial charge in [0, 0.05) is 12.4 Å². The Morgan fingerprint density at radius 2 is 1.70 bits per heavy atom. The number of aliphatic imine (C=N–C) groups is 1. The molecular formula is C17H23N3. The van der Waals surface area contributed by atoms with Crippen LogP contribution in [0.15, 0.2) is 41.9 Å². The van der Waals surface area contributed by atoms with Crippen molar-refractivity contribution in [2.75, 3.05) is 0 Å². The third-order valence-electron chi connectivity index (χ3n) is 3.49. The van der Waals surface area contributed by atoms with Crippen molar-refractivity contribution in [1.29, 1.82) is 0 Å². The van der Waals surface area contributed by atoms with E-state index in [0.717, 1.165) is 11.5 Å². The van der Waals surface area contributed by atoms with Gasteiger partial charge in [-0.1, -0.05) is 45.9 Å². The molecule has 1 heterocycles. The molecule has 2 rings (SSSR count). The van der Waals surface area contributed by atoms with Gasteiger partial charge in [0.2, 0.25) is 0 Å². The van der Waals surface area contributed by atoms with Crippen LogP contribution in [-0.4, -0.2) is 15.4 Å². The van der Waals surface area contributed by atoms with E-state index in [0.29, 0.717) is 11.8 Å². The third kappa shape index (κ3) is 2.98. The van der Waals surface area contributed by atoms with Gasteiger partial charge in [-0.2, -0.15) is 0 Å². The van der Waals surface area contributed by atoms with Crippen LogP contribution in [0, 0.1) is 0 Å². The lowest BCUT2D eigenvalue weighted by molar-refractivity contribution is 0.834. The first-order valence-electron chi connectivity index (χ1n) is 7.17. The van der Waals surface area contributed by atoms with Crippen molar-refractivity contribution >= 4 is 11.5 Å². The number of hydrogen-bond acceptors (Lipinski definition) is 2. The first kappa shape index (κ1) is 14.5. The highest BCUT2D eigenvalue weighted by atomic mass is 15.1. The Kier molecular flexibility index (Phi) is 4.38. The standard InChI is InChI=1S/C17H23N3/c1-12(2)15-7-6-8-16(13(3)4)17(15)19-14(5)20-10-9-18-11-20/h6-13H,1-5H3. The molecule has 0 fully saturated rings. The van der Waals surface area contributed by atoms with Gasteiger partial charge in [-0.15, -0.1) is 0 Å². The Bertz CT molecular complexity index is 566. The number of rotatable bonds is 3. The molecule has 0 aliphatic heterocycles. The smallest absolute Gasteiger partial charge is 0.111 e. The minimum absolute atomic E-state index is 0.461. The Morgan fingerprint density at radius 1 is 1.10 bits per heavy atom. The lowest BCUT2D eigenvalue weighted by atomic mass is 9.93. The van der Waals surface area contributed by atoms with Gasteiger partial charge in [-0.05, 0) is 29.9 Å². The number of imidazole rings is 1. The predicted molar refractivity (Wildman–Crippen MR) is 85.0 cm³/mol. The zero-order chi connectivity index (χ0) is 14.7. The maximum atomic E-state index is 4.88. The van der Waals surface area contributed by atoms with E-state index in [1.165, 1.54) is 11.1 Å². The number of benzene rings is 1. The zero-order valence-corrected chi connectivity index (χ0v) is 13.0. The van der Waals surface area contributed by atoms with E-state index in [2.05, 4.69) is 50.9 Å². The van der Waals surface area contributed by atoms with Crippen LogP contribution in [0.5, 0.6) is 0 Å². The first-order valence-corrected chi connectivity index (χ1v) is 7.17. The summed E-state index contributed by atoms with van der Waals surface area (Å²) in [7, 11) is 0. The molecule has 0 amide bonds. The molecule has 0 atom stereocenters. The molecule has 0 N–H and O–H groups in total. The Labute approximate surface area is 121 Å². The lowest BCUT2D eigenvalue weighted by Gasteiger charge is -2.17. The molecule has 2 aromatic rings. The second-order valence-corrected chi connectivity index (χ2v) is 5.72. The average Bonchev–Trinajstić information content (AvgIpc) is 2.92. The molecule has 0 radical (unpaired) electrons. The quantitative estimate of drug-likeness (QED) is 0.585. The van der Waals surface area contributed by atoms with Crippen LogP contribution in [0.2, 0.25) is 0 Å². The highest BCUT2D eigenvalue weighted by molar-refractivity contribution is 5.85. The van der Waals surface area contributed by atoms with Crippen molar-refractivity contribution < 1.29 is 0 Å². The number of nitrogens with zero attached hydrogens (tertiary/aromatic N) is 3. The molecule has 1 aromatic heterocycles. The third-order valence-corrected chi connectivity index (χ3v) is 3.49. The van der Waals surface area contributed by atoms with Crippen molar-refractivity contribution in [2.24, 2.45) is 4.99 Å². The monoisotopic (exact) mass is 269 g/mol. The molecule has 1 aromatic carbocycles. The fourth-order valence-corrected chi connectivity index (χ4v) is 2.31. The Balaban J connectivity index is 2.56. The SMILES string of the molecule is CC(=Nc1c(C(C)C)cccc1C(C)C)n1ccnc1. The van der Waals surface area contributed by atoms with Crippen LogP contribution in [0.1, 0.15) is 57.6 Å². The minimum Gasteiger partial charge on any atom is -0.294 e. The summed E-state index contributed by atoms with van der Waals surface area (Å²) in [6, 6.07) is 6.49. The molecule has 0 saturated carbocycles. The summed E-state index contributed by atoms with van der Waals surface area (Å²) >= 11 is 0. The molecule has 106 valence electrons. The van der Waals surface area contributed by atoms with Gasteiger partial charge >= 0.3 is 0 Å². The predicted octanol–water partition coefficient (Wildman–Crippen LogP) is 4.73. The van der Waals surface area contributed by atoms with Crippen LogP contribution in [0.4, 0.5) is 5.69 Å². The van der Waals surface area contributed by atoms with Gasteiger partial charge in [-0.25, -0.2) is 9.98 Å². The summed E-state index contributed by atoms with van der Waals surface area (Å²) in [6.07, 6.45) is 5.48. The van der Waals surface area contributed by atoms with E-state index in [-0.39, 0.29) is 0 Å². The Morgan fingerprint density at radius 3 is 2.15 bits per heavy atom. The van der Waals surface area contributed by atoms with Crippen molar-refractivity contribution in [3.8, 4) is 0 Å². The largest absolute Gasteiger partial charge is 0.294 e. The number of para-hydroxylation sites is 1. The molecule has 3 nitrogen and oxygen atoms in total.